The van der Waals surface area contributed by atoms with Crippen molar-refractivity contribution in [3.8, 4) is 0 Å². The Kier molecular flexibility index (Phi) is 6.63. The molecule has 0 aliphatic rings. The zero-order valence-electron chi connectivity index (χ0n) is 16.2. The standard InChI is InChI=1S/C22H30N2O/c1-6-23(7-2)19-12-10-18(11-13-19)22(25)21-15-14-20(16-17(21)5)24(8-3)9-4/h10-16H,6-9H2,1-5H3. The third kappa shape index (κ3) is 4.22. The molecule has 0 spiro atoms. The van der Waals surface area contributed by atoms with Crippen LogP contribution in [0.3, 0.4) is 0 Å². The molecule has 25 heavy (non-hydrogen) atoms. The summed E-state index contributed by atoms with van der Waals surface area (Å²) in [5, 5.41) is 0. The lowest BCUT2D eigenvalue weighted by atomic mass is 9.98. The predicted molar refractivity (Wildman–Crippen MR) is 108 cm³/mol. The summed E-state index contributed by atoms with van der Waals surface area (Å²) in [4.78, 5) is 17.4. The summed E-state index contributed by atoms with van der Waals surface area (Å²) < 4.78 is 0. The van der Waals surface area contributed by atoms with Crippen molar-refractivity contribution in [1.29, 1.82) is 0 Å². The Balaban J connectivity index is 2.25. The van der Waals surface area contributed by atoms with Crippen LogP contribution in [0.4, 0.5) is 11.4 Å². The van der Waals surface area contributed by atoms with Gasteiger partial charge >= 0.3 is 0 Å². The topological polar surface area (TPSA) is 23.6 Å². The summed E-state index contributed by atoms with van der Waals surface area (Å²) in [6, 6.07) is 14.1. The maximum Gasteiger partial charge on any atom is 0.193 e. The van der Waals surface area contributed by atoms with E-state index in [1.54, 1.807) is 0 Å². The van der Waals surface area contributed by atoms with Crippen molar-refractivity contribution in [3.63, 3.8) is 0 Å². The van der Waals surface area contributed by atoms with Gasteiger partial charge in [-0.15, -0.1) is 0 Å². The fourth-order valence-corrected chi connectivity index (χ4v) is 3.26. The summed E-state index contributed by atoms with van der Waals surface area (Å²) in [6.07, 6.45) is 0. The highest BCUT2D eigenvalue weighted by Gasteiger charge is 2.14. The summed E-state index contributed by atoms with van der Waals surface area (Å²) in [6.45, 7) is 14.5. The molecular weight excluding hydrogens is 308 g/mol. The van der Waals surface area contributed by atoms with E-state index in [9.17, 15) is 4.79 Å². The highest BCUT2D eigenvalue weighted by molar-refractivity contribution is 6.10. The van der Waals surface area contributed by atoms with Gasteiger partial charge in [-0.2, -0.15) is 0 Å². The fraction of sp³-hybridized carbons (Fsp3) is 0.409. The highest BCUT2D eigenvalue weighted by Crippen LogP contribution is 2.23. The van der Waals surface area contributed by atoms with Crippen LogP contribution in [0, 0.1) is 6.92 Å². The number of hydrogen-bond donors (Lipinski definition) is 0. The molecule has 0 aliphatic heterocycles. The molecular formula is C22H30N2O. The molecule has 0 bridgehead atoms. The Morgan fingerprint density at radius 3 is 1.72 bits per heavy atom. The third-order valence-corrected chi connectivity index (χ3v) is 4.84. The van der Waals surface area contributed by atoms with Gasteiger partial charge in [0.1, 0.15) is 0 Å². The van der Waals surface area contributed by atoms with Gasteiger partial charge in [-0.05, 0) is 82.6 Å². The first-order chi connectivity index (χ1) is 12.0. The van der Waals surface area contributed by atoms with Crippen LogP contribution < -0.4 is 9.80 Å². The molecule has 134 valence electrons. The van der Waals surface area contributed by atoms with E-state index in [2.05, 4.69) is 49.6 Å². The average Bonchev–Trinajstić information content (AvgIpc) is 2.64. The SMILES string of the molecule is CCN(CC)c1ccc(C(=O)c2ccc(N(CC)CC)cc2C)cc1. The van der Waals surface area contributed by atoms with E-state index >= 15 is 0 Å². The number of rotatable bonds is 8. The minimum atomic E-state index is 0.0923. The second kappa shape index (κ2) is 8.70. The second-order valence-corrected chi connectivity index (χ2v) is 6.22. The maximum atomic E-state index is 12.9. The monoisotopic (exact) mass is 338 g/mol. The van der Waals surface area contributed by atoms with Crippen molar-refractivity contribution >= 4 is 17.2 Å². The van der Waals surface area contributed by atoms with Gasteiger partial charge in [0, 0.05) is 48.7 Å². The summed E-state index contributed by atoms with van der Waals surface area (Å²) >= 11 is 0. The van der Waals surface area contributed by atoms with Gasteiger partial charge in [-0.25, -0.2) is 0 Å². The van der Waals surface area contributed by atoms with Gasteiger partial charge in [0.15, 0.2) is 5.78 Å². The zero-order chi connectivity index (χ0) is 18.4. The van der Waals surface area contributed by atoms with E-state index in [0.29, 0.717) is 0 Å². The number of nitrogens with zero attached hydrogens (tertiary/aromatic N) is 2. The lowest BCUT2D eigenvalue weighted by molar-refractivity contribution is 0.103. The predicted octanol–water partition coefficient (Wildman–Crippen LogP) is 4.92. The van der Waals surface area contributed by atoms with Crippen LogP contribution in [0.25, 0.3) is 0 Å². The molecule has 0 aromatic heterocycles. The molecule has 0 amide bonds. The van der Waals surface area contributed by atoms with Crippen molar-refractivity contribution < 1.29 is 4.79 Å². The van der Waals surface area contributed by atoms with Gasteiger partial charge in [0.05, 0.1) is 0 Å². The lowest BCUT2D eigenvalue weighted by Crippen LogP contribution is -2.22. The number of ketones is 1. The van der Waals surface area contributed by atoms with Gasteiger partial charge in [-0.1, -0.05) is 0 Å². The Bertz CT molecular complexity index is 698. The number of benzene rings is 2. The van der Waals surface area contributed by atoms with E-state index in [4.69, 9.17) is 0 Å². The molecule has 0 radical (unpaired) electrons. The first kappa shape index (κ1) is 19.0. The molecule has 0 aliphatic carbocycles. The summed E-state index contributed by atoms with van der Waals surface area (Å²) in [5.74, 6) is 0.0923. The molecule has 0 saturated carbocycles. The van der Waals surface area contributed by atoms with Crippen LogP contribution in [0.1, 0.15) is 49.2 Å². The molecule has 2 aromatic carbocycles. The summed E-state index contributed by atoms with van der Waals surface area (Å²) in [7, 11) is 0. The van der Waals surface area contributed by atoms with Crippen molar-refractivity contribution in [1.82, 2.24) is 0 Å². The van der Waals surface area contributed by atoms with Gasteiger partial charge in [-0.3, -0.25) is 4.79 Å². The molecule has 0 heterocycles. The van der Waals surface area contributed by atoms with Gasteiger partial charge in [0.2, 0.25) is 0 Å². The minimum absolute atomic E-state index is 0.0923. The number of carbonyl (C=O) groups is 1. The van der Waals surface area contributed by atoms with Crippen molar-refractivity contribution in [3.05, 3.63) is 59.2 Å². The molecule has 0 saturated heterocycles. The van der Waals surface area contributed by atoms with Crippen molar-refractivity contribution in [2.24, 2.45) is 0 Å². The normalized spacial score (nSPS) is 10.6. The molecule has 0 N–H and O–H groups in total. The Morgan fingerprint density at radius 1 is 0.760 bits per heavy atom. The van der Waals surface area contributed by atoms with Crippen molar-refractivity contribution in [2.45, 2.75) is 34.6 Å². The molecule has 2 rings (SSSR count). The Morgan fingerprint density at radius 2 is 1.24 bits per heavy atom. The molecule has 3 heteroatoms. The molecule has 2 aromatic rings. The molecule has 0 fully saturated rings. The first-order valence-electron chi connectivity index (χ1n) is 9.30. The summed E-state index contributed by atoms with van der Waals surface area (Å²) in [5.41, 5.74) is 4.90. The van der Waals surface area contributed by atoms with Crippen LogP contribution in [0.2, 0.25) is 0 Å². The van der Waals surface area contributed by atoms with E-state index in [-0.39, 0.29) is 5.78 Å². The average molecular weight is 338 g/mol. The van der Waals surface area contributed by atoms with Gasteiger partial charge < -0.3 is 9.80 Å². The number of anilines is 2. The van der Waals surface area contributed by atoms with E-state index < -0.39 is 0 Å². The van der Waals surface area contributed by atoms with E-state index in [0.717, 1.165) is 48.6 Å². The molecule has 0 unspecified atom stereocenters. The minimum Gasteiger partial charge on any atom is -0.372 e. The van der Waals surface area contributed by atoms with Gasteiger partial charge in [0.25, 0.3) is 0 Å². The van der Waals surface area contributed by atoms with Crippen LogP contribution >= 0.6 is 0 Å². The van der Waals surface area contributed by atoms with Crippen molar-refractivity contribution in [2.75, 3.05) is 36.0 Å². The van der Waals surface area contributed by atoms with E-state index in [1.165, 1.54) is 5.69 Å². The van der Waals surface area contributed by atoms with Crippen LogP contribution in [-0.4, -0.2) is 32.0 Å². The molecule has 3 nitrogen and oxygen atoms in total. The largest absolute Gasteiger partial charge is 0.372 e. The number of carbonyl (C=O) groups excluding carboxylic acids is 1. The zero-order valence-corrected chi connectivity index (χ0v) is 16.2. The first-order valence-corrected chi connectivity index (χ1v) is 9.30. The molecule has 0 atom stereocenters. The Hall–Kier alpha value is -2.29. The van der Waals surface area contributed by atoms with Crippen LogP contribution in [0.5, 0.6) is 0 Å². The lowest BCUT2D eigenvalue weighted by Gasteiger charge is -2.22. The number of hydrogen-bond acceptors (Lipinski definition) is 3. The van der Waals surface area contributed by atoms with E-state index in [1.807, 2.05) is 37.3 Å². The maximum absolute atomic E-state index is 12.9. The quantitative estimate of drug-likeness (QED) is 0.638. The number of aryl methyl sites for hydroxylation is 1. The Labute approximate surface area is 152 Å². The van der Waals surface area contributed by atoms with Crippen LogP contribution in [0.15, 0.2) is 42.5 Å². The third-order valence-electron chi connectivity index (χ3n) is 4.84. The fourth-order valence-electron chi connectivity index (χ4n) is 3.26. The second-order valence-electron chi connectivity index (χ2n) is 6.22. The smallest absolute Gasteiger partial charge is 0.193 e. The highest BCUT2D eigenvalue weighted by atomic mass is 16.1. The van der Waals surface area contributed by atoms with Crippen LogP contribution in [-0.2, 0) is 0 Å².